The van der Waals surface area contributed by atoms with Crippen LogP contribution in [-0.4, -0.2) is 29.3 Å². The van der Waals surface area contributed by atoms with Crippen molar-refractivity contribution in [2.75, 3.05) is 6.54 Å². The maximum Gasteiger partial charge on any atom is 0.320 e. The predicted octanol–water partition coefficient (Wildman–Crippen LogP) is 1.33. The molecule has 1 saturated heterocycles. The van der Waals surface area contributed by atoms with Crippen molar-refractivity contribution in [2.24, 2.45) is 5.92 Å². The Balaban J connectivity index is 1.93. The Morgan fingerprint density at radius 1 is 1.57 bits per heavy atom. The lowest BCUT2D eigenvalue weighted by Crippen LogP contribution is -2.49. The van der Waals surface area contributed by atoms with Gasteiger partial charge in [0.05, 0.1) is 0 Å². The van der Waals surface area contributed by atoms with Gasteiger partial charge in [0.1, 0.15) is 11.7 Å². The minimum atomic E-state index is -1.23. The number of carboxylic acid groups (broad SMARTS) is 1. The predicted molar refractivity (Wildman–Crippen MR) is 49.8 cm³/mol. The highest BCUT2D eigenvalue weighted by Crippen LogP contribution is 2.42. The first-order valence-corrected chi connectivity index (χ1v) is 5.24. The highest BCUT2D eigenvalue weighted by Gasteiger charge is 2.42. The summed E-state index contributed by atoms with van der Waals surface area (Å²) < 4.78 is 14.2. The minimum Gasteiger partial charge on any atom is -0.480 e. The summed E-state index contributed by atoms with van der Waals surface area (Å²) >= 11 is 0. The van der Waals surface area contributed by atoms with Gasteiger partial charge in [0.25, 0.3) is 0 Å². The van der Waals surface area contributed by atoms with E-state index in [1.807, 2.05) is 0 Å². The number of carbonyl (C=O) groups is 1. The van der Waals surface area contributed by atoms with E-state index >= 15 is 0 Å². The maximum absolute atomic E-state index is 14.2. The zero-order chi connectivity index (χ0) is 10.2. The third-order valence-corrected chi connectivity index (χ3v) is 3.18. The van der Waals surface area contributed by atoms with Crippen molar-refractivity contribution in [3.63, 3.8) is 0 Å². The number of hydrogen-bond acceptors (Lipinski definition) is 2. The average Bonchev–Trinajstić information content (AvgIpc) is 2.87. The molecule has 2 aliphatic rings. The Bertz CT molecular complexity index is 242. The van der Waals surface area contributed by atoms with E-state index < -0.39 is 17.7 Å². The first-order chi connectivity index (χ1) is 6.59. The second-order valence-corrected chi connectivity index (χ2v) is 4.60. The topological polar surface area (TPSA) is 49.3 Å². The molecule has 0 spiro atoms. The fourth-order valence-electron chi connectivity index (χ4n) is 2.21. The van der Waals surface area contributed by atoms with Crippen molar-refractivity contribution >= 4 is 5.97 Å². The van der Waals surface area contributed by atoms with Gasteiger partial charge in [0.15, 0.2) is 0 Å². The summed E-state index contributed by atoms with van der Waals surface area (Å²) in [5, 5.41) is 11.6. The molecule has 80 valence electrons. The fourth-order valence-corrected chi connectivity index (χ4v) is 2.21. The van der Waals surface area contributed by atoms with Crippen molar-refractivity contribution in [3.05, 3.63) is 0 Å². The quantitative estimate of drug-likeness (QED) is 0.724. The number of alkyl halides is 1. The molecule has 0 radical (unpaired) electrons. The van der Waals surface area contributed by atoms with E-state index in [4.69, 9.17) is 5.11 Å². The van der Waals surface area contributed by atoms with Crippen LogP contribution in [0.15, 0.2) is 0 Å². The molecule has 14 heavy (non-hydrogen) atoms. The second kappa shape index (κ2) is 3.50. The van der Waals surface area contributed by atoms with Crippen molar-refractivity contribution < 1.29 is 14.3 Å². The van der Waals surface area contributed by atoms with E-state index in [0.717, 1.165) is 12.8 Å². The van der Waals surface area contributed by atoms with Gasteiger partial charge in [-0.15, -0.1) is 0 Å². The van der Waals surface area contributed by atoms with Crippen molar-refractivity contribution in [1.29, 1.82) is 0 Å². The molecule has 2 N–H and O–H groups in total. The van der Waals surface area contributed by atoms with Crippen LogP contribution in [0.2, 0.25) is 0 Å². The molecule has 1 heterocycles. The van der Waals surface area contributed by atoms with E-state index in [9.17, 15) is 9.18 Å². The third kappa shape index (κ3) is 2.23. The number of halogens is 1. The van der Waals surface area contributed by atoms with Gasteiger partial charge in [-0.1, -0.05) is 12.8 Å². The molecule has 2 fully saturated rings. The van der Waals surface area contributed by atoms with Gasteiger partial charge < -0.3 is 10.4 Å². The summed E-state index contributed by atoms with van der Waals surface area (Å²) in [5.41, 5.74) is -1.23. The van der Waals surface area contributed by atoms with E-state index in [1.54, 1.807) is 0 Å². The smallest absolute Gasteiger partial charge is 0.320 e. The Morgan fingerprint density at radius 2 is 2.29 bits per heavy atom. The van der Waals surface area contributed by atoms with Crippen LogP contribution >= 0.6 is 0 Å². The van der Waals surface area contributed by atoms with E-state index in [-0.39, 0.29) is 6.42 Å². The van der Waals surface area contributed by atoms with E-state index in [2.05, 4.69) is 5.32 Å². The molecule has 0 aromatic rings. The molecular weight excluding hydrogens is 185 g/mol. The van der Waals surface area contributed by atoms with Crippen LogP contribution in [-0.2, 0) is 4.79 Å². The minimum absolute atomic E-state index is 0.138. The Hall–Kier alpha value is -0.640. The lowest BCUT2D eigenvalue weighted by Gasteiger charge is -2.33. The SMILES string of the molecule is O=C(O)C1CC(F)(CC2CC2)CCN1. The molecule has 1 aliphatic heterocycles. The van der Waals surface area contributed by atoms with Gasteiger partial charge in [-0.2, -0.15) is 0 Å². The zero-order valence-electron chi connectivity index (χ0n) is 8.13. The van der Waals surface area contributed by atoms with Gasteiger partial charge in [0.2, 0.25) is 0 Å². The van der Waals surface area contributed by atoms with Gasteiger partial charge >= 0.3 is 5.97 Å². The Morgan fingerprint density at radius 3 is 2.86 bits per heavy atom. The lowest BCUT2D eigenvalue weighted by molar-refractivity contribution is -0.141. The molecule has 0 amide bonds. The van der Waals surface area contributed by atoms with Crippen LogP contribution in [0, 0.1) is 5.92 Å². The first kappa shape index (κ1) is 9.90. The monoisotopic (exact) mass is 201 g/mol. The number of nitrogens with one attached hydrogen (secondary N) is 1. The van der Waals surface area contributed by atoms with E-state index in [0.29, 0.717) is 25.3 Å². The molecule has 0 aromatic carbocycles. The number of hydrogen-bond donors (Lipinski definition) is 2. The molecule has 4 heteroatoms. The highest BCUT2D eigenvalue weighted by atomic mass is 19.1. The Kier molecular flexibility index (Phi) is 2.47. The number of rotatable bonds is 3. The Labute approximate surface area is 82.7 Å². The standard InChI is InChI=1S/C10H16FNO2/c11-10(5-7-1-2-7)3-4-12-8(6-10)9(13)14/h7-8,12H,1-6H2,(H,13,14). The number of piperidine rings is 1. The average molecular weight is 201 g/mol. The van der Waals surface area contributed by atoms with Crippen LogP contribution in [0.3, 0.4) is 0 Å². The third-order valence-electron chi connectivity index (χ3n) is 3.18. The summed E-state index contributed by atoms with van der Waals surface area (Å²) in [5.74, 6) is -0.407. The van der Waals surface area contributed by atoms with Crippen LogP contribution in [0.25, 0.3) is 0 Å². The van der Waals surface area contributed by atoms with Crippen LogP contribution in [0.4, 0.5) is 4.39 Å². The van der Waals surface area contributed by atoms with Crippen LogP contribution in [0.1, 0.15) is 32.1 Å². The molecular formula is C10H16FNO2. The maximum atomic E-state index is 14.2. The summed E-state index contributed by atoms with van der Waals surface area (Å²) in [7, 11) is 0. The highest BCUT2D eigenvalue weighted by molar-refractivity contribution is 5.73. The van der Waals surface area contributed by atoms with Crippen molar-refractivity contribution in [1.82, 2.24) is 5.32 Å². The summed E-state index contributed by atoms with van der Waals surface area (Å²) in [6.45, 7) is 0.486. The molecule has 2 rings (SSSR count). The number of aliphatic carboxylic acids is 1. The molecule has 0 bridgehead atoms. The molecule has 2 atom stereocenters. The normalized spacial score (nSPS) is 38.2. The summed E-state index contributed by atoms with van der Waals surface area (Å²) in [4.78, 5) is 10.7. The van der Waals surface area contributed by atoms with Crippen molar-refractivity contribution in [2.45, 2.75) is 43.8 Å². The molecule has 0 aromatic heterocycles. The summed E-state index contributed by atoms with van der Waals surface area (Å²) in [6.07, 6.45) is 3.41. The first-order valence-electron chi connectivity index (χ1n) is 5.24. The summed E-state index contributed by atoms with van der Waals surface area (Å²) in [6, 6.07) is -0.688. The van der Waals surface area contributed by atoms with Crippen LogP contribution < -0.4 is 5.32 Å². The van der Waals surface area contributed by atoms with Crippen LogP contribution in [0.5, 0.6) is 0 Å². The zero-order valence-corrected chi connectivity index (χ0v) is 8.13. The largest absolute Gasteiger partial charge is 0.480 e. The molecule has 1 aliphatic carbocycles. The van der Waals surface area contributed by atoms with Crippen molar-refractivity contribution in [3.8, 4) is 0 Å². The molecule has 3 nitrogen and oxygen atoms in total. The fraction of sp³-hybridized carbons (Fsp3) is 0.900. The lowest BCUT2D eigenvalue weighted by atomic mass is 9.85. The molecule has 1 saturated carbocycles. The van der Waals surface area contributed by atoms with Gasteiger partial charge in [-0.3, -0.25) is 4.79 Å². The van der Waals surface area contributed by atoms with Gasteiger partial charge in [-0.25, -0.2) is 4.39 Å². The molecule has 2 unspecified atom stereocenters. The second-order valence-electron chi connectivity index (χ2n) is 4.60. The van der Waals surface area contributed by atoms with E-state index in [1.165, 1.54) is 0 Å². The van der Waals surface area contributed by atoms with Gasteiger partial charge in [-0.05, 0) is 25.3 Å². The van der Waals surface area contributed by atoms with Gasteiger partial charge in [0, 0.05) is 6.42 Å². The number of carboxylic acids is 1.